The van der Waals surface area contributed by atoms with Gasteiger partial charge in [-0.25, -0.2) is 13.4 Å². The van der Waals surface area contributed by atoms with Crippen LogP contribution < -0.4 is 4.72 Å². The monoisotopic (exact) mass is 274 g/mol. The number of hydrogen-bond acceptors (Lipinski definition) is 5. The molecule has 19 heavy (non-hydrogen) atoms. The Morgan fingerprint density at radius 3 is 2.63 bits per heavy atom. The van der Waals surface area contributed by atoms with Crippen molar-refractivity contribution >= 4 is 15.7 Å². The second kappa shape index (κ2) is 5.04. The molecule has 0 aliphatic rings. The Morgan fingerprint density at radius 1 is 1.26 bits per heavy atom. The van der Waals surface area contributed by atoms with Crippen LogP contribution >= 0.6 is 0 Å². The fourth-order valence-corrected chi connectivity index (χ4v) is 2.42. The van der Waals surface area contributed by atoms with Crippen LogP contribution in [0.15, 0.2) is 41.6 Å². The molecule has 0 aliphatic carbocycles. The first-order valence-electron chi connectivity index (χ1n) is 5.33. The number of nitriles is 1. The van der Waals surface area contributed by atoms with Gasteiger partial charge in [0.25, 0.3) is 10.0 Å². The van der Waals surface area contributed by atoms with Gasteiger partial charge in [0.15, 0.2) is 0 Å². The summed E-state index contributed by atoms with van der Waals surface area (Å²) < 4.78 is 26.5. The lowest BCUT2D eigenvalue weighted by Gasteiger charge is -2.07. The molecule has 7 heteroatoms. The van der Waals surface area contributed by atoms with Crippen LogP contribution in [-0.2, 0) is 10.0 Å². The van der Waals surface area contributed by atoms with E-state index in [1.807, 2.05) is 6.07 Å². The van der Waals surface area contributed by atoms with Gasteiger partial charge in [0, 0.05) is 18.1 Å². The molecule has 1 N–H and O–H groups in total. The van der Waals surface area contributed by atoms with Crippen molar-refractivity contribution in [3.05, 3.63) is 48.0 Å². The molecule has 0 spiro atoms. The molecular formula is C12H10N4O2S. The average molecular weight is 274 g/mol. The summed E-state index contributed by atoms with van der Waals surface area (Å²) in [5.74, 6) is 0. The Morgan fingerprint density at radius 2 is 2.05 bits per heavy atom. The molecule has 0 unspecified atom stereocenters. The quantitative estimate of drug-likeness (QED) is 0.914. The Bertz CT molecular complexity index is 733. The van der Waals surface area contributed by atoms with E-state index in [0.717, 1.165) is 6.20 Å². The predicted octanol–water partition coefficient (Wildman–Crippen LogP) is 1.46. The van der Waals surface area contributed by atoms with Crippen LogP contribution in [0.5, 0.6) is 0 Å². The molecule has 2 aromatic heterocycles. The minimum Gasteiger partial charge on any atom is -0.279 e. The lowest BCUT2D eigenvalue weighted by Crippen LogP contribution is -2.13. The third-order valence-electron chi connectivity index (χ3n) is 2.31. The molecule has 2 heterocycles. The number of rotatable bonds is 3. The minimum absolute atomic E-state index is 0.000894. The van der Waals surface area contributed by atoms with Crippen LogP contribution in [0.4, 0.5) is 5.69 Å². The molecule has 96 valence electrons. The molecule has 0 fully saturated rings. The first kappa shape index (κ1) is 13.0. The molecule has 0 amide bonds. The SMILES string of the molecule is Cc1cc(NS(=O)(=O)c2ccc(C#N)nc2)ccn1. The molecule has 2 aromatic rings. The molecule has 0 saturated carbocycles. The van der Waals surface area contributed by atoms with Crippen molar-refractivity contribution in [3.8, 4) is 6.07 Å². The van der Waals surface area contributed by atoms with Gasteiger partial charge in [0.1, 0.15) is 16.7 Å². The van der Waals surface area contributed by atoms with Crippen LogP contribution in [0.1, 0.15) is 11.4 Å². The Balaban J connectivity index is 2.30. The molecule has 0 saturated heterocycles. The van der Waals surface area contributed by atoms with Crippen LogP contribution in [0, 0.1) is 18.3 Å². The lowest BCUT2D eigenvalue weighted by atomic mass is 10.3. The van der Waals surface area contributed by atoms with Crippen molar-refractivity contribution in [1.82, 2.24) is 9.97 Å². The van der Waals surface area contributed by atoms with Crippen LogP contribution in [0.25, 0.3) is 0 Å². The second-order valence-electron chi connectivity index (χ2n) is 3.78. The van der Waals surface area contributed by atoms with Crippen molar-refractivity contribution in [3.63, 3.8) is 0 Å². The lowest BCUT2D eigenvalue weighted by molar-refractivity contribution is 0.601. The van der Waals surface area contributed by atoms with E-state index in [4.69, 9.17) is 5.26 Å². The maximum absolute atomic E-state index is 12.1. The highest BCUT2D eigenvalue weighted by molar-refractivity contribution is 7.92. The molecule has 0 radical (unpaired) electrons. The van der Waals surface area contributed by atoms with Gasteiger partial charge in [-0.2, -0.15) is 5.26 Å². The molecule has 0 aliphatic heterocycles. The number of aryl methyl sites for hydroxylation is 1. The van der Waals surface area contributed by atoms with E-state index in [1.165, 1.54) is 18.3 Å². The number of hydrogen-bond donors (Lipinski definition) is 1. The largest absolute Gasteiger partial charge is 0.279 e. The van der Waals surface area contributed by atoms with Crippen molar-refractivity contribution in [1.29, 1.82) is 5.26 Å². The van der Waals surface area contributed by atoms with Gasteiger partial charge in [-0.05, 0) is 31.2 Å². The minimum atomic E-state index is -3.70. The van der Waals surface area contributed by atoms with E-state index < -0.39 is 10.0 Å². The number of aromatic nitrogens is 2. The summed E-state index contributed by atoms with van der Waals surface area (Å²) in [6.07, 6.45) is 2.67. The highest BCUT2D eigenvalue weighted by Gasteiger charge is 2.14. The average Bonchev–Trinajstić information content (AvgIpc) is 2.38. The maximum atomic E-state index is 12.1. The normalized spacial score (nSPS) is 10.7. The summed E-state index contributed by atoms with van der Waals surface area (Å²) in [5.41, 5.74) is 1.30. The Kier molecular flexibility index (Phi) is 3.44. The third-order valence-corrected chi connectivity index (χ3v) is 3.68. The van der Waals surface area contributed by atoms with Gasteiger partial charge in [-0.3, -0.25) is 9.71 Å². The van der Waals surface area contributed by atoms with Crippen LogP contribution in [0.3, 0.4) is 0 Å². The molecule has 0 atom stereocenters. The Hall–Kier alpha value is -2.46. The summed E-state index contributed by atoms with van der Waals surface area (Å²) in [4.78, 5) is 7.71. The van der Waals surface area contributed by atoms with Gasteiger partial charge >= 0.3 is 0 Å². The molecule has 0 aromatic carbocycles. The van der Waals surface area contributed by atoms with Gasteiger partial charge in [0.05, 0.1) is 5.69 Å². The second-order valence-corrected chi connectivity index (χ2v) is 5.46. The van der Waals surface area contributed by atoms with E-state index in [-0.39, 0.29) is 10.6 Å². The zero-order valence-electron chi connectivity index (χ0n) is 10.0. The predicted molar refractivity (Wildman–Crippen MR) is 68.7 cm³/mol. The number of nitrogens with one attached hydrogen (secondary N) is 1. The Labute approximate surface area is 110 Å². The van der Waals surface area contributed by atoms with Gasteiger partial charge in [0.2, 0.25) is 0 Å². The zero-order chi connectivity index (χ0) is 13.9. The maximum Gasteiger partial charge on any atom is 0.263 e. The van der Waals surface area contributed by atoms with Crippen LogP contribution in [-0.4, -0.2) is 18.4 Å². The highest BCUT2D eigenvalue weighted by atomic mass is 32.2. The molecule has 6 nitrogen and oxygen atoms in total. The number of pyridine rings is 2. The summed E-state index contributed by atoms with van der Waals surface area (Å²) in [7, 11) is -3.70. The van der Waals surface area contributed by atoms with E-state index in [0.29, 0.717) is 11.4 Å². The van der Waals surface area contributed by atoms with Gasteiger partial charge < -0.3 is 0 Å². The summed E-state index contributed by atoms with van der Waals surface area (Å²) >= 11 is 0. The number of anilines is 1. The standard InChI is InChI=1S/C12H10N4O2S/c1-9-6-10(4-5-14-9)16-19(17,18)12-3-2-11(7-13)15-8-12/h2-6,8H,1H3,(H,14,16). The third kappa shape index (κ3) is 3.05. The van der Waals surface area contributed by atoms with Gasteiger partial charge in [-0.15, -0.1) is 0 Å². The number of sulfonamides is 1. The van der Waals surface area contributed by atoms with E-state index >= 15 is 0 Å². The molecule has 0 bridgehead atoms. The van der Waals surface area contributed by atoms with Crippen LogP contribution in [0.2, 0.25) is 0 Å². The van der Waals surface area contributed by atoms with Crippen molar-refractivity contribution in [2.75, 3.05) is 4.72 Å². The fourth-order valence-electron chi connectivity index (χ4n) is 1.43. The van der Waals surface area contributed by atoms with E-state index in [9.17, 15) is 8.42 Å². The van der Waals surface area contributed by atoms with Gasteiger partial charge in [-0.1, -0.05) is 0 Å². The summed E-state index contributed by atoms with van der Waals surface area (Å²) in [6, 6.07) is 7.69. The fraction of sp³-hybridized carbons (Fsp3) is 0.0833. The molecule has 2 rings (SSSR count). The first-order valence-corrected chi connectivity index (χ1v) is 6.81. The first-order chi connectivity index (χ1) is 9.01. The summed E-state index contributed by atoms with van der Waals surface area (Å²) in [5, 5.41) is 8.61. The van der Waals surface area contributed by atoms with Crippen molar-refractivity contribution < 1.29 is 8.42 Å². The summed E-state index contributed by atoms with van der Waals surface area (Å²) in [6.45, 7) is 1.76. The van der Waals surface area contributed by atoms with E-state index in [1.54, 1.807) is 19.1 Å². The topological polar surface area (TPSA) is 95.7 Å². The van der Waals surface area contributed by atoms with E-state index in [2.05, 4.69) is 14.7 Å². The molecular weight excluding hydrogens is 264 g/mol. The van der Waals surface area contributed by atoms with Crippen molar-refractivity contribution in [2.45, 2.75) is 11.8 Å². The highest BCUT2D eigenvalue weighted by Crippen LogP contribution is 2.15. The smallest absolute Gasteiger partial charge is 0.263 e. The number of nitrogens with zero attached hydrogens (tertiary/aromatic N) is 3. The zero-order valence-corrected chi connectivity index (χ0v) is 10.8. The van der Waals surface area contributed by atoms with Crippen molar-refractivity contribution in [2.24, 2.45) is 0 Å².